The van der Waals surface area contributed by atoms with E-state index in [0.717, 1.165) is 0 Å². The van der Waals surface area contributed by atoms with Gasteiger partial charge in [0.05, 0.1) is 12.7 Å². The molecule has 0 bridgehead atoms. The SMILES string of the molecule is COC(=O)c1c(C)[nH]c(=O)c(C#N)c1SC. The lowest BCUT2D eigenvalue weighted by Crippen LogP contribution is -2.19. The topological polar surface area (TPSA) is 83.0 Å². The third-order valence-corrected chi connectivity index (χ3v) is 2.88. The minimum absolute atomic E-state index is 0.0569. The fraction of sp³-hybridized carbons (Fsp3) is 0.300. The number of aryl methyl sites for hydroxylation is 1. The molecule has 5 nitrogen and oxygen atoms in total. The number of aromatic nitrogens is 1. The molecule has 0 atom stereocenters. The van der Waals surface area contributed by atoms with Crippen LogP contribution in [0.3, 0.4) is 0 Å². The molecule has 0 saturated carbocycles. The van der Waals surface area contributed by atoms with Crippen LogP contribution >= 0.6 is 11.8 Å². The molecule has 1 rings (SSSR count). The van der Waals surface area contributed by atoms with Gasteiger partial charge in [-0.05, 0) is 13.2 Å². The highest BCUT2D eigenvalue weighted by molar-refractivity contribution is 7.98. The van der Waals surface area contributed by atoms with Gasteiger partial charge in [0.1, 0.15) is 11.6 Å². The molecule has 0 aliphatic rings. The lowest BCUT2D eigenvalue weighted by atomic mass is 10.1. The van der Waals surface area contributed by atoms with Crippen LogP contribution in [0.25, 0.3) is 0 Å². The summed E-state index contributed by atoms with van der Waals surface area (Å²) in [5, 5.41) is 8.86. The van der Waals surface area contributed by atoms with Gasteiger partial charge in [0, 0.05) is 10.6 Å². The van der Waals surface area contributed by atoms with E-state index in [1.807, 2.05) is 0 Å². The van der Waals surface area contributed by atoms with E-state index in [9.17, 15) is 9.59 Å². The number of hydrogen-bond acceptors (Lipinski definition) is 5. The molecule has 1 heterocycles. The van der Waals surface area contributed by atoms with Crippen molar-refractivity contribution in [2.24, 2.45) is 0 Å². The molecular formula is C10H10N2O3S. The smallest absolute Gasteiger partial charge is 0.340 e. The van der Waals surface area contributed by atoms with E-state index >= 15 is 0 Å². The van der Waals surface area contributed by atoms with Crippen LogP contribution in [-0.4, -0.2) is 24.3 Å². The Morgan fingerprint density at radius 2 is 2.19 bits per heavy atom. The van der Waals surface area contributed by atoms with Crippen LogP contribution < -0.4 is 5.56 Å². The summed E-state index contributed by atoms with van der Waals surface area (Å²) < 4.78 is 4.62. The summed E-state index contributed by atoms with van der Waals surface area (Å²) in [6.45, 7) is 1.59. The standard InChI is InChI=1S/C10H10N2O3S/c1-5-7(10(14)15-2)8(16-3)6(4-11)9(13)12-5/h1-3H3,(H,12,13). The zero-order valence-corrected chi connectivity index (χ0v) is 9.90. The van der Waals surface area contributed by atoms with Crippen molar-refractivity contribution in [3.63, 3.8) is 0 Å². The Balaban J connectivity index is 3.67. The van der Waals surface area contributed by atoms with E-state index < -0.39 is 11.5 Å². The normalized spacial score (nSPS) is 9.62. The quantitative estimate of drug-likeness (QED) is 0.615. The van der Waals surface area contributed by atoms with Crippen molar-refractivity contribution >= 4 is 17.7 Å². The van der Waals surface area contributed by atoms with Gasteiger partial charge in [-0.25, -0.2) is 4.79 Å². The van der Waals surface area contributed by atoms with E-state index in [4.69, 9.17) is 5.26 Å². The number of carbonyl (C=O) groups is 1. The van der Waals surface area contributed by atoms with E-state index in [-0.39, 0.29) is 11.1 Å². The zero-order valence-electron chi connectivity index (χ0n) is 9.08. The lowest BCUT2D eigenvalue weighted by Gasteiger charge is -2.09. The Hall–Kier alpha value is -1.74. The number of carbonyl (C=O) groups excluding carboxylic acids is 1. The van der Waals surface area contributed by atoms with Gasteiger partial charge in [-0.2, -0.15) is 5.26 Å². The molecule has 84 valence electrons. The van der Waals surface area contributed by atoms with E-state index in [2.05, 4.69) is 9.72 Å². The predicted molar refractivity (Wildman–Crippen MR) is 59.6 cm³/mol. The van der Waals surface area contributed by atoms with Gasteiger partial charge in [0.25, 0.3) is 5.56 Å². The first-order chi connectivity index (χ1) is 7.56. The lowest BCUT2D eigenvalue weighted by molar-refractivity contribution is 0.0595. The maximum atomic E-state index is 11.5. The van der Waals surface area contributed by atoms with Gasteiger partial charge in [-0.3, -0.25) is 4.79 Å². The van der Waals surface area contributed by atoms with Gasteiger partial charge in [0.2, 0.25) is 0 Å². The molecule has 0 saturated heterocycles. The number of nitriles is 1. The number of rotatable bonds is 2. The number of H-pyrrole nitrogens is 1. The highest BCUT2D eigenvalue weighted by atomic mass is 32.2. The van der Waals surface area contributed by atoms with Crippen molar-refractivity contribution in [2.75, 3.05) is 13.4 Å². The minimum atomic E-state index is -0.561. The first kappa shape index (κ1) is 12.3. The molecule has 0 aliphatic heterocycles. The van der Waals surface area contributed by atoms with Crippen molar-refractivity contribution < 1.29 is 9.53 Å². The third kappa shape index (κ3) is 1.95. The van der Waals surface area contributed by atoms with Crippen LogP contribution in [0, 0.1) is 18.3 Å². The van der Waals surface area contributed by atoms with Gasteiger partial charge >= 0.3 is 5.97 Å². The van der Waals surface area contributed by atoms with Crippen LogP contribution in [-0.2, 0) is 4.74 Å². The largest absolute Gasteiger partial charge is 0.465 e. The summed E-state index contributed by atoms with van der Waals surface area (Å²) in [7, 11) is 1.25. The molecule has 0 aromatic carbocycles. The summed E-state index contributed by atoms with van der Waals surface area (Å²) >= 11 is 1.18. The second-order valence-corrected chi connectivity index (χ2v) is 3.78. The molecule has 0 radical (unpaired) electrons. The van der Waals surface area contributed by atoms with Gasteiger partial charge in [-0.1, -0.05) is 0 Å². The fourth-order valence-corrected chi connectivity index (χ4v) is 2.13. The number of nitrogens with zero attached hydrogens (tertiary/aromatic N) is 1. The molecule has 0 amide bonds. The van der Waals surface area contributed by atoms with Gasteiger partial charge < -0.3 is 9.72 Å². The van der Waals surface area contributed by atoms with E-state index in [0.29, 0.717) is 10.6 Å². The third-order valence-electron chi connectivity index (χ3n) is 2.06. The van der Waals surface area contributed by atoms with Gasteiger partial charge in [0.15, 0.2) is 0 Å². The molecule has 16 heavy (non-hydrogen) atoms. The second kappa shape index (κ2) is 4.86. The molecule has 1 aromatic rings. The van der Waals surface area contributed by atoms with Crippen molar-refractivity contribution in [1.82, 2.24) is 4.98 Å². The average molecular weight is 238 g/mol. The average Bonchev–Trinajstić information content (AvgIpc) is 2.27. The predicted octanol–water partition coefficient (Wildman–Crippen LogP) is 1.06. The van der Waals surface area contributed by atoms with Crippen molar-refractivity contribution in [3.8, 4) is 6.07 Å². The van der Waals surface area contributed by atoms with Crippen LogP contribution in [0.4, 0.5) is 0 Å². The summed E-state index contributed by atoms with van der Waals surface area (Å²) in [5.41, 5.74) is 0.0989. The zero-order chi connectivity index (χ0) is 12.3. The van der Waals surface area contributed by atoms with E-state index in [1.54, 1.807) is 19.2 Å². The number of ether oxygens (including phenoxy) is 1. The molecule has 0 aliphatic carbocycles. The van der Waals surface area contributed by atoms with Crippen molar-refractivity contribution in [3.05, 3.63) is 27.2 Å². The Labute approximate surface area is 96.4 Å². The number of nitrogens with one attached hydrogen (secondary N) is 1. The number of esters is 1. The molecule has 1 N–H and O–H groups in total. The molecule has 6 heteroatoms. The highest BCUT2D eigenvalue weighted by Gasteiger charge is 2.20. The maximum Gasteiger partial charge on any atom is 0.340 e. The molecular weight excluding hydrogens is 228 g/mol. The molecule has 0 unspecified atom stereocenters. The fourth-order valence-electron chi connectivity index (χ4n) is 1.35. The monoisotopic (exact) mass is 238 g/mol. The molecule has 0 fully saturated rings. The Bertz CT molecular complexity index is 528. The Morgan fingerprint density at radius 1 is 1.56 bits per heavy atom. The Morgan fingerprint density at radius 3 is 2.62 bits per heavy atom. The second-order valence-electron chi connectivity index (χ2n) is 2.97. The van der Waals surface area contributed by atoms with Crippen LogP contribution in [0.5, 0.6) is 0 Å². The van der Waals surface area contributed by atoms with E-state index in [1.165, 1.54) is 18.9 Å². The molecule has 1 aromatic heterocycles. The first-order valence-corrected chi connectivity index (χ1v) is 5.58. The Kier molecular flexibility index (Phi) is 3.74. The number of aromatic amines is 1. The highest BCUT2D eigenvalue weighted by Crippen LogP contribution is 2.24. The van der Waals surface area contributed by atoms with Crippen molar-refractivity contribution in [1.29, 1.82) is 5.26 Å². The first-order valence-electron chi connectivity index (χ1n) is 4.36. The number of hydrogen-bond donors (Lipinski definition) is 1. The summed E-state index contributed by atoms with van der Waals surface area (Å²) in [4.78, 5) is 25.8. The summed E-state index contributed by atoms with van der Waals surface area (Å²) in [5.74, 6) is -0.561. The van der Waals surface area contributed by atoms with Crippen LogP contribution in [0.15, 0.2) is 9.69 Å². The van der Waals surface area contributed by atoms with Gasteiger partial charge in [-0.15, -0.1) is 11.8 Å². The van der Waals surface area contributed by atoms with Crippen LogP contribution in [0.2, 0.25) is 0 Å². The number of methoxy groups -OCH3 is 1. The molecule has 0 spiro atoms. The summed E-state index contributed by atoms with van der Waals surface area (Å²) in [6.07, 6.45) is 1.70. The minimum Gasteiger partial charge on any atom is -0.465 e. The maximum absolute atomic E-state index is 11.5. The number of pyridine rings is 1. The summed E-state index contributed by atoms with van der Waals surface area (Å²) in [6, 6.07) is 1.79. The van der Waals surface area contributed by atoms with Crippen molar-refractivity contribution in [2.45, 2.75) is 11.8 Å². The number of thioether (sulfide) groups is 1. The van der Waals surface area contributed by atoms with Crippen LogP contribution in [0.1, 0.15) is 21.6 Å².